The first-order chi connectivity index (χ1) is 8.94. The summed E-state index contributed by atoms with van der Waals surface area (Å²) in [5.41, 5.74) is 0.654. The van der Waals surface area contributed by atoms with Crippen LogP contribution in [0.15, 0.2) is 30.3 Å². The molecular formula is C15H22O3S. The van der Waals surface area contributed by atoms with E-state index >= 15 is 0 Å². The second-order valence-corrected chi connectivity index (χ2v) is 7.25. The second-order valence-electron chi connectivity index (χ2n) is 5.02. The Balaban J connectivity index is 2.40. The van der Waals surface area contributed by atoms with Crippen molar-refractivity contribution in [2.24, 2.45) is 5.92 Å². The summed E-state index contributed by atoms with van der Waals surface area (Å²) in [5, 5.41) is 0. The zero-order valence-electron chi connectivity index (χ0n) is 11.6. The van der Waals surface area contributed by atoms with E-state index in [4.69, 9.17) is 0 Å². The average molecular weight is 282 g/mol. The van der Waals surface area contributed by atoms with Crippen molar-refractivity contribution in [1.82, 2.24) is 0 Å². The highest BCUT2D eigenvalue weighted by Crippen LogP contribution is 2.10. The molecule has 0 bridgehead atoms. The number of rotatable bonds is 8. The first-order valence-corrected chi connectivity index (χ1v) is 8.55. The maximum Gasteiger partial charge on any atom is 0.162 e. The molecular weight excluding hydrogens is 260 g/mol. The minimum Gasteiger partial charge on any atom is -0.294 e. The summed E-state index contributed by atoms with van der Waals surface area (Å²) in [7, 11) is -3.02. The lowest BCUT2D eigenvalue weighted by Crippen LogP contribution is -2.17. The topological polar surface area (TPSA) is 51.2 Å². The van der Waals surface area contributed by atoms with Gasteiger partial charge in [-0.25, -0.2) is 8.42 Å². The van der Waals surface area contributed by atoms with Crippen molar-refractivity contribution in [2.75, 3.05) is 11.5 Å². The standard InChI is InChI=1S/C15H22O3S/c1-3-13(2)12-19(17,18)11-7-10-15(16)14-8-5-4-6-9-14/h4-6,8-9,13H,3,7,10-12H2,1-2H3. The van der Waals surface area contributed by atoms with E-state index in [-0.39, 0.29) is 23.2 Å². The molecule has 106 valence electrons. The monoisotopic (exact) mass is 282 g/mol. The van der Waals surface area contributed by atoms with Crippen LogP contribution in [0.3, 0.4) is 0 Å². The summed E-state index contributed by atoms with van der Waals surface area (Å²) in [6.07, 6.45) is 1.57. The van der Waals surface area contributed by atoms with Gasteiger partial charge in [-0.3, -0.25) is 4.79 Å². The number of ketones is 1. The first-order valence-electron chi connectivity index (χ1n) is 6.73. The molecule has 1 aromatic rings. The molecule has 0 aliphatic heterocycles. The van der Waals surface area contributed by atoms with E-state index in [1.807, 2.05) is 32.0 Å². The molecule has 0 aliphatic carbocycles. The largest absolute Gasteiger partial charge is 0.294 e. The van der Waals surface area contributed by atoms with E-state index in [1.54, 1.807) is 12.1 Å². The Kier molecular flexibility index (Phi) is 6.22. The van der Waals surface area contributed by atoms with Crippen molar-refractivity contribution in [2.45, 2.75) is 33.1 Å². The molecule has 4 heteroatoms. The van der Waals surface area contributed by atoms with Gasteiger partial charge in [-0.2, -0.15) is 0 Å². The van der Waals surface area contributed by atoms with Crippen molar-refractivity contribution < 1.29 is 13.2 Å². The quantitative estimate of drug-likeness (QED) is 0.688. The van der Waals surface area contributed by atoms with Gasteiger partial charge in [0, 0.05) is 12.0 Å². The smallest absolute Gasteiger partial charge is 0.162 e. The second kappa shape index (κ2) is 7.43. The highest BCUT2D eigenvalue weighted by atomic mass is 32.2. The van der Waals surface area contributed by atoms with E-state index in [0.717, 1.165) is 6.42 Å². The summed E-state index contributed by atoms with van der Waals surface area (Å²) in [4.78, 5) is 11.8. The molecule has 0 fully saturated rings. The van der Waals surface area contributed by atoms with E-state index < -0.39 is 9.84 Å². The summed E-state index contributed by atoms with van der Waals surface area (Å²) in [6.45, 7) is 3.92. The van der Waals surface area contributed by atoms with Gasteiger partial charge in [0.25, 0.3) is 0 Å². The molecule has 0 heterocycles. The predicted molar refractivity (Wildman–Crippen MR) is 78.1 cm³/mol. The molecule has 19 heavy (non-hydrogen) atoms. The molecule has 1 unspecified atom stereocenters. The molecule has 1 atom stereocenters. The van der Waals surface area contributed by atoms with Crippen LogP contribution in [0.4, 0.5) is 0 Å². The van der Waals surface area contributed by atoms with Gasteiger partial charge >= 0.3 is 0 Å². The van der Waals surface area contributed by atoms with E-state index in [9.17, 15) is 13.2 Å². The van der Waals surface area contributed by atoms with Gasteiger partial charge in [0.15, 0.2) is 15.6 Å². The third-order valence-electron chi connectivity index (χ3n) is 3.19. The number of carbonyl (C=O) groups is 1. The number of Topliss-reactive ketones (excluding diaryl/α,β-unsaturated/α-hetero) is 1. The molecule has 1 rings (SSSR count). The van der Waals surface area contributed by atoms with E-state index in [1.165, 1.54) is 0 Å². The van der Waals surface area contributed by atoms with Gasteiger partial charge in [-0.05, 0) is 12.3 Å². The SMILES string of the molecule is CCC(C)CS(=O)(=O)CCCC(=O)c1ccccc1. The number of hydrogen-bond acceptors (Lipinski definition) is 3. The lowest BCUT2D eigenvalue weighted by atomic mass is 10.1. The third kappa shape index (κ3) is 6.01. The summed E-state index contributed by atoms with van der Waals surface area (Å²) in [5.74, 6) is 0.535. The Morgan fingerprint density at radius 1 is 1.21 bits per heavy atom. The lowest BCUT2D eigenvalue weighted by Gasteiger charge is -2.09. The van der Waals surface area contributed by atoms with Crippen LogP contribution in [-0.2, 0) is 9.84 Å². The zero-order chi connectivity index (χ0) is 14.3. The van der Waals surface area contributed by atoms with Crippen molar-refractivity contribution >= 4 is 15.6 Å². The van der Waals surface area contributed by atoms with Crippen molar-refractivity contribution in [3.63, 3.8) is 0 Å². The molecule has 3 nitrogen and oxygen atoms in total. The zero-order valence-corrected chi connectivity index (χ0v) is 12.4. The fourth-order valence-electron chi connectivity index (χ4n) is 1.86. The van der Waals surface area contributed by atoms with Crippen LogP contribution >= 0.6 is 0 Å². The molecule has 0 N–H and O–H groups in total. The Morgan fingerprint density at radius 2 is 1.84 bits per heavy atom. The Labute approximate surface area is 116 Å². The maximum atomic E-state index is 11.8. The van der Waals surface area contributed by atoms with Crippen molar-refractivity contribution in [3.05, 3.63) is 35.9 Å². The lowest BCUT2D eigenvalue weighted by molar-refractivity contribution is 0.0982. The Bertz CT molecular complexity index is 491. The molecule has 0 saturated carbocycles. The Hall–Kier alpha value is -1.16. The van der Waals surface area contributed by atoms with E-state index in [2.05, 4.69) is 0 Å². The molecule has 0 aromatic heterocycles. The number of hydrogen-bond donors (Lipinski definition) is 0. The maximum absolute atomic E-state index is 11.8. The molecule has 0 radical (unpaired) electrons. The fourth-order valence-corrected chi connectivity index (χ4v) is 3.71. The van der Waals surface area contributed by atoms with Crippen LogP contribution in [0, 0.1) is 5.92 Å². The van der Waals surface area contributed by atoms with Gasteiger partial charge in [-0.1, -0.05) is 50.6 Å². The normalized spacial score (nSPS) is 13.2. The highest BCUT2D eigenvalue weighted by molar-refractivity contribution is 7.91. The molecule has 0 spiro atoms. The van der Waals surface area contributed by atoms with Gasteiger partial charge in [0.2, 0.25) is 0 Å². The molecule has 0 aliphatic rings. The van der Waals surface area contributed by atoms with Crippen LogP contribution in [-0.4, -0.2) is 25.7 Å². The van der Waals surface area contributed by atoms with Crippen LogP contribution < -0.4 is 0 Å². The first kappa shape index (κ1) is 15.9. The predicted octanol–water partition coefficient (Wildman–Crippen LogP) is 3.11. The number of benzene rings is 1. The van der Waals surface area contributed by atoms with Crippen LogP contribution in [0.1, 0.15) is 43.5 Å². The van der Waals surface area contributed by atoms with Gasteiger partial charge < -0.3 is 0 Å². The van der Waals surface area contributed by atoms with Crippen LogP contribution in [0.25, 0.3) is 0 Å². The molecule has 0 amide bonds. The van der Waals surface area contributed by atoms with Gasteiger partial charge in [0.1, 0.15) is 0 Å². The van der Waals surface area contributed by atoms with E-state index in [0.29, 0.717) is 18.4 Å². The van der Waals surface area contributed by atoms with Gasteiger partial charge in [0.05, 0.1) is 11.5 Å². The minimum atomic E-state index is -3.02. The highest BCUT2D eigenvalue weighted by Gasteiger charge is 2.15. The number of sulfone groups is 1. The van der Waals surface area contributed by atoms with Crippen LogP contribution in [0.2, 0.25) is 0 Å². The minimum absolute atomic E-state index is 0.0133. The van der Waals surface area contributed by atoms with Crippen molar-refractivity contribution in [1.29, 1.82) is 0 Å². The number of carbonyl (C=O) groups excluding carboxylic acids is 1. The van der Waals surface area contributed by atoms with Crippen molar-refractivity contribution in [3.8, 4) is 0 Å². The summed E-state index contributed by atoms with van der Waals surface area (Å²) >= 11 is 0. The average Bonchev–Trinajstić information content (AvgIpc) is 2.38. The van der Waals surface area contributed by atoms with Gasteiger partial charge in [-0.15, -0.1) is 0 Å². The summed E-state index contributed by atoms with van der Waals surface area (Å²) in [6, 6.07) is 9.00. The molecule has 1 aromatic carbocycles. The molecule has 0 saturated heterocycles. The van der Waals surface area contributed by atoms with Crippen LogP contribution in [0.5, 0.6) is 0 Å². The fraction of sp³-hybridized carbons (Fsp3) is 0.533. The Morgan fingerprint density at radius 3 is 2.42 bits per heavy atom. The summed E-state index contributed by atoms with van der Waals surface area (Å²) < 4.78 is 23.6. The third-order valence-corrected chi connectivity index (χ3v) is 5.18.